The van der Waals surface area contributed by atoms with Gasteiger partial charge >= 0.3 is 5.97 Å². The van der Waals surface area contributed by atoms with Crippen LogP contribution >= 0.6 is 0 Å². The fraction of sp³-hybridized carbons (Fsp3) is 0.519. The van der Waals surface area contributed by atoms with Gasteiger partial charge in [-0.3, -0.25) is 15.4 Å². The molecule has 1 fully saturated rings. The van der Waals surface area contributed by atoms with Crippen LogP contribution in [-0.2, 0) is 9.53 Å². The smallest absolute Gasteiger partial charge is 0.317 e. The van der Waals surface area contributed by atoms with Crippen LogP contribution in [0.25, 0.3) is 0 Å². The van der Waals surface area contributed by atoms with Crippen LogP contribution in [0.15, 0.2) is 30.3 Å². The predicted octanol–water partition coefficient (Wildman–Crippen LogP) is 3.96. The number of phenolic OH excluding ortho intramolecular Hbond substituents is 1. The number of esters is 1. The van der Waals surface area contributed by atoms with Gasteiger partial charge in [0.15, 0.2) is 23.0 Å². The molecule has 1 saturated heterocycles. The van der Waals surface area contributed by atoms with Gasteiger partial charge in [0.05, 0.1) is 13.7 Å². The molecule has 3 aliphatic rings. The molecule has 3 atom stereocenters. The number of aromatic hydroxyl groups is 1. The first-order valence-corrected chi connectivity index (χ1v) is 12.6. The second-order valence-electron chi connectivity index (χ2n) is 9.10. The quantitative estimate of drug-likeness (QED) is 0.589. The molecule has 2 aromatic rings. The number of para-hydroxylation sites is 1. The van der Waals surface area contributed by atoms with E-state index in [1.807, 2.05) is 4.90 Å². The molecule has 3 N–H and O–H groups in total. The molecule has 0 saturated carbocycles. The predicted molar refractivity (Wildman–Crippen MR) is 134 cm³/mol. The largest absolute Gasteiger partial charge is 0.504 e. The Kier molecular flexibility index (Phi) is 7.80. The van der Waals surface area contributed by atoms with Crippen LogP contribution in [0, 0.1) is 5.92 Å². The lowest BCUT2D eigenvalue weighted by atomic mass is 9.74. The Balaban J connectivity index is 0.000000967. The van der Waals surface area contributed by atoms with E-state index < -0.39 is 23.7 Å². The number of hydrogen-bond donors (Lipinski definition) is 2. The summed E-state index contributed by atoms with van der Waals surface area (Å²) in [5, 5.41) is 11.1. The highest BCUT2D eigenvalue weighted by Crippen LogP contribution is 2.54. The number of hydrogen-bond acceptors (Lipinski definition) is 9. The molecule has 3 heterocycles. The van der Waals surface area contributed by atoms with Crippen molar-refractivity contribution in [1.82, 2.24) is 4.90 Å². The van der Waals surface area contributed by atoms with Crippen molar-refractivity contribution in [3.05, 3.63) is 41.5 Å². The van der Waals surface area contributed by atoms with E-state index in [1.165, 1.54) is 13.5 Å². The van der Waals surface area contributed by atoms with Gasteiger partial charge in [-0.25, -0.2) is 0 Å². The van der Waals surface area contributed by atoms with E-state index >= 15 is 0 Å². The molecule has 0 amide bonds. The second-order valence-corrected chi connectivity index (χ2v) is 9.10. The molecule has 0 aromatic heterocycles. The highest BCUT2D eigenvalue weighted by atomic mass is 16.7. The maximum Gasteiger partial charge on any atom is 0.317 e. The van der Waals surface area contributed by atoms with E-state index in [0.717, 1.165) is 12.8 Å². The van der Waals surface area contributed by atoms with Crippen molar-refractivity contribution in [2.45, 2.75) is 51.8 Å². The molecule has 0 bridgehead atoms. The molecule has 3 aliphatic heterocycles. The van der Waals surface area contributed by atoms with E-state index in [4.69, 9.17) is 29.4 Å². The Morgan fingerprint density at radius 2 is 1.78 bits per heavy atom. The summed E-state index contributed by atoms with van der Waals surface area (Å²) in [5.41, 5.74) is 8.11. The zero-order chi connectivity index (χ0) is 25.9. The molecule has 3 unspecified atom stereocenters. The highest BCUT2D eigenvalue weighted by molar-refractivity contribution is 5.78. The van der Waals surface area contributed by atoms with Crippen molar-refractivity contribution in [2.75, 3.05) is 33.6 Å². The topological polar surface area (TPSA) is 113 Å². The van der Waals surface area contributed by atoms with Gasteiger partial charge in [0.1, 0.15) is 11.7 Å². The van der Waals surface area contributed by atoms with Crippen molar-refractivity contribution in [3.8, 4) is 28.7 Å². The van der Waals surface area contributed by atoms with E-state index in [1.54, 1.807) is 37.3 Å². The van der Waals surface area contributed by atoms with Crippen LogP contribution < -0.4 is 24.7 Å². The number of benzene rings is 2. The zero-order valence-electron chi connectivity index (χ0n) is 21.4. The number of methoxy groups -OCH3 is 1. The summed E-state index contributed by atoms with van der Waals surface area (Å²) in [6.07, 6.45) is 3.14. The first kappa shape index (κ1) is 25.9. The SMILES string of the molecule is CCC.CCOC(=O)C1C(c2cccc(OC)c2O)c2cc3c(cc2OC1(N)N1CCCC1)OCO3. The van der Waals surface area contributed by atoms with Gasteiger partial charge < -0.3 is 28.8 Å². The Labute approximate surface area is 212 Å². The van der Waals surface area contributed by atoms with Gasteiger partial charge in [-0.05, 0) is 31.9 Å². The average molecular weight is 501 g/mol. The maximum absolute atomic E-state index is 13.5. The number of nitrogens with two attached hydrogens (primary N) is 1. The number of phenols is 1. The molecule has 5 rings (SSSR count). The van der Waals surface area contributed by atoms with Gasteiger partial charge in [0.2, 0.25) is 12.6 Å². The Hall–Kier alpha value is -3.17. The normalized spacial score (nSPS) is 24.2. The fourth-order valence-corrected chi connectivity index (χ4v) is 5.10. The van der Waals surface area contributed by atoms with Crippen LogP contribution in [0.4, 0.5) is 0 Å². The summed E-state index contributed by atoms with van der Waals surface area (Å²) in [6, 6.07) is 8.72. The van der Waals surface area contributed by atoms with Crippen LogP contribution in [0.2, 0.25) is 0 Å². The maximum atomic E-state index is 13.5. The van der Waals surface area contributed by atoms with E-state index in [0.29, 0.717) is 47.2 Å². The highest BCUT2D eigenvalue weighted by Gasteiger charge is 2.57. The summed E-state index contributed by atoms with van der Waals surface area (Å²) in [4.78, 5) is 15.5. The van der Waals surface area contributed by atoms with E-state index in [9.17, 15) is 9.90 Å². The Morgan fingerprint density at radius 1 is 1.11 bits per heavy atom. The fourth-order valence-electron chi connectivity index (χ4n) is 5.10. The third-order valence-corrected chi connectivity index (χ3v) is 6.62. The molecular formula is C27H36N2O7. The van der Waals surface area contributed by atoms with Crippen molar-refractivity contribution in [3.63, 3.8) is 0 Å². The Morgan fingerprint density at radius 3 is 2.42 bits per heavy atom. The molecule has 36 heavy (non-hydrogen) atoms. The number of carbonyl (C=O) groups excluding carboxylic acids is 1. The summed E-state index contributed by atoms with van der Waals surface area (Å²) >= 11 is 0. The van der Waals surface area contributed by atoms with Crippen LogP contribution in [0.3, 0.4) is 0 Å². The van der Waals surface area contributed by atoms with Gasteiger partial charge in [0, 0.05) is 36.2 Å². The lowest BCUT2D eigenvalue weighted by Crippen LogP contribution is -2.68. The molecule has 9 heteroatoms. The third-order valence-electron chi connectivity index (χ3n) is 6.62. The number of rotatable bonds is 5. The summed E-state index contributed by atoms with van der Waals surface area (Å²) in [6.45, 7) is 7.65. The average Bonchev–Trinajstić information content (AvgIpc) is 3.55. The second kappa shape index (κ2) is 10.8. The molecule has 0 aliphatic carbocycles. The van der Waals surface area contributed by atoms with Crippen molar-refractivity contribution < 1.29 is 33.6 Å². The number of fused-ring (bicyclic) bond motifs is 2. The molecule has 0 radical (unpaired) electrons. The third kappa shape index (κ3) is 4.53. The number of ether oxygens (including phenoxy) is 5. The summed E-state index contributed by atoms with van der Waals surface area (Å²) < 4.78 is 28.4. The number of likely N-dealkylation sites (tertiary alicyclic amines) is 1. The lowest BCUT2D eigenvalue weighted by molar-refractivity contribution is -0.177. The molecule has 9 nitrogen and oxygen atoms in total. The van der Waals surface area contributed by atoms with Gasteiger partial charge in [-0.2, -0.15) is 0 Å². The van der Waals surface area contributed by atoms with Crippen molar-refractivity contribution in [2.24, 2.45) is 11.7 Å². The van der Waals surface area contributed by atoms with E-state index in [2.05, 4.69) is 13.8 Å². The van der Waals surface area contributed by atoms with E-state index in [-0.39, 0.29) is 19.1 Å². The first-order chi connectivity index (χ1) is 17.4. The molecule has 0 spiro atoms. The lowest BCUT2D eigenvalue weighted by Gasteiger charge is -2.49. The Bertz CT molecular complexity index is 1090. The number of carbonyl (C=O) groups is 1. The van der Waals surface area contributed by atoms with Gasteiger partial charge in [-0.1, -0.05) is 32.4 Å². The monoisotopic (exact) mass is 500 g/mol. The molecule has 196 valence electrons. The number of nitrogens with zero attached hydrogens (tertiary/aromatic N) is 1. The van der Waals surface area contributed by atoms with Gasteiger partial charge in [0.25, 0.3) is 0 Å². The zero-order valence-corrected chi connectivity index (χ0v) is 21.4. The minimum absolute atomic E-state index is 0.0615. The van der Waals surface area contributed by atoms with Crippen LogP contribution in [-0.4, -0.2) is 55.4 Å². The molecular weight excluding hydrogens is 464 g/mol. The van der Waals surface area contributed by atoms with Gasteiger partial charge in [-0.15, -0.1) is 0 Å². The molecule has 2 aromatic carbocycles. The van der Waals surface area contributed by atoms with Crippen LogP contribution in [0.5, 0.6) is 28.7 Å². The van der Waals surface area contributed by atoms with Crippen molar-refractivity contribution >= 4 is 5.97 Å². The first-order valence-electron chi connectivity index (χ1n) is 12.6. The minimum atomic E-state index is -1.48. The minimum Gasteiger partial charge on any atom is -0.504 e. The standard InChI is InChI=1S/C24H28N2O7.C3H8/c1-3-30-23(28)21-20(14-7-6-8-16(29-2)22(14)27)15-11-18-19(32-13-31-18)12-17(15)33-24(21,25)26-9-4-5-10-26;1-3-2/h6-8,11-12,20-21,27H,3-5,9-10,13,25H2,1-2H3;3H2,1-2H3. The summed E-state index contributed by atoms with van der Waals surface area (Å²) in [5.74, 6) is -1.82. The van der Waals surface area contributed by atoms with Crippen molar-refractivity contribution in [1.29, 1.82) is 0 Å². The van der Waals surface area contributed by atoms with Crippen LogP contribution in [0.1, 0.15) is 57.1 Å². The summed E-state index contributed by atoms with van der Waals surface area (Å²) in [7, 11) is 1.48.